The first-order chi connectivity index (χ1) is 13.4. The summed E-state index contributed by atoms with van der Waals surface area (Å²) in [4.78, 5) is 16.6. The number of aromatic nitrogens is 1. The van der Waals surface area contributed by atoms with Crippen LogP contribution in [0.4, 0.5) is 5.69 Å². The summed E-state index contributed by atoms with van der Waals surface area (Å²) >= 11 is 0. The Kier molecular flexibility index (Phi) is 5.75. The molecule has 7 heteroatoms. The fraction of sp³-hybridized carbons (Fsp3) is 0.143. The fourth-order valence-electron chi connectivity index (χ4n) is 2.62. The largest absolute Gasteiger partial charge is 0.346 e. The van der Waals surface area contributed by atoms with Crippen molar-refractivity contribution in [3.05, 3.63) is 89.7 Å². The number of pyridine rings is 1. The van der Waals surface area contributed by atoms with Crippen LogP contribution < -0.4 is 9.62 Å². The van der Waals surface area contributed by atoms with Crippen LogP contribution in [0.5, 0.6) is 0 Å². The maximum absolute atomic E-state index is 13.0. The molecule has 1 heterocycles. The van der Waals surface area contributed by atoms with E-state index in [1.807, 2.05) is 25.1 Å². The first-order valence-electron chi connectivity index (χ1n) is 8.72. The van der Waals surface area contributed by atoms with Gasteiger partial charge in [0, 0.05) is 18.8 Å². The van der Waals surface area contributed by atoms with Crippen LogP contribution in [0.2, 0.25) is 0 Å². The topological polar surface area (TPSA) is 79.4 Å². The second-order valence-corrected chi connectivity index (χ2v) is 8.31. The van der Waals surface area contributed by atoms with E-state index in [-0.39, 0.29) is 22.9 Å². The van der Waals surface area contributed by atoms with E-state index in [1.165, 1.54) is 23.5 Å². The van der Waals surface area contributed by atoms with Gasteiger partial charge in [-0.05, 0) is 49.4 Å². The van der Waals surface area contributed by atoms with Crippen LogP contribution in [0.15, 0.2) is 77.8 Å². The molecule has 0 atom stereocenters. The fourth-order valence-corrected chi connectivity index (χ4v) is 3.87. The molecule has 0 fully saturated rings. The molecular weight excluding hydrogens is 374 g/mol. The second-order valence-electron chi connectivity index (χ2n) is 6.34. The second kappa shape index (κ2) is 8.22. The average molecular weight is 395 g/mol. The van der Waals surface area contributed by atoms with Gasteiger partial charge in [-0.25, -0.2) is 8.42 Å². The molecule has 0 aliphatic heterocycles. The van der Waals surface area contributed by atoms with Crippen molar-refractivity contribution in [2.24, 2.45) is 0 Å². The third-order valence-corrected chi connectivity index (χ3v) is 6.09. The van der Waals surface area contributed by atoms with Gasteiger partial charge in [0.05, 0.1) is 22.8 Å². The van der Waals surface area contributed by atoms with E-state index < -0.39 is 10.0 Å². The van der Waals surface area contributed by atoms with E-state index in [4.69, 9.17) is 0 Å². The van der Waals surface area contributed by atoms with Crippen LogP contribution in [0.3, 0.4) is 0 Å². The summed E-state index contributed by atoms with van der Waals surface area (Å²) in [5.41, 5.74) is 2.59. The van der Waals surface area contributed by atoms with Crippen molar-refractivity contribution in [3.63, 3.8) is 0 Å². The first kappa shape index (κ1) is 19.6. The highest BCUT2D eigenvalue weighted by atomic mass is 32.2. The van der Waals surface area contributed by atoms with Gasteiger partial charge in [-0.3, -0.25) is 14.1 Å². The molecule has 3 aromatic rings. The van der Waals surface area contributed by atoms with Crippen molar-refractivity contribution in [3.8, 4) is 0 Å². The van der Waals surface area contributed by atoms with E-state index >= 15 is 0 Å². The number of hydrogen-bond acceptors (Lipinski definition) is 4. The van der Waals surface area contributed by atoms with Crippen LogP contribution in [0, 0.1) is 6.92 Å². The molecule has 2 aromatic carbocycles. The predicted molar refractivity (Wildman–Crippen MR) is 109 cm³/mol. The SMILES string of the molecule is Cc1ccc(N(C)S(=O)(=O)c2cccc(C(=O)NCc3ccccn3)c2)cc1. The quantitative estimate of drug-likeness (QED) is 0.695. The lowest BCUT2D eigenvalue weighted by molar-refractivity contribution is 0.0950. The van der Waals surface area contributed by atoms with E-state index in [2.05, 4.69) is 10.3 Å². The highest BCUT2D eigenvalue weighted by Crippen LogP contribution is 2.23. The number of anilines is 1. The summed E-state index contributed by atoms with van der Waals surface area (Å²) in [5.74, 6) is -0.360. The standard InChI is InChI=1S/C21H21N3O3S/c1-16-9-11-19(12-10-16)24(2)28(26,27)20-8-5-6-17(14-20)21(25)23-15-18-7-3-4-13-22-18/h3-14H,15H2,1-2H3,(H,23,25). The normalized spacial score (nSPS) is 11.1. The van der Waals surface area contributed by atoms with E-state index in [0.29, 0.717) is 5.69 Å². The van der Waals surface area contributed by atoms with Crippen molar-refractivity contribution in [2.75, 3.05) is 11.4 Å². The Hall–Kier alpha value is -3.19. The van der Waals surface area contributed by atoms with Crippen molar-refractivity contribution in [2.45, 2.75) is 18.4 Å². The molecule has 0 aliphatic rings. The number of benzene rings is 2. The maximum Gasteiger partial charge on any atom is 0.264 e. The third kappa shape index (κ3) is 4.37. The monoisotopic (exact) mass is 395 g/mol. The number of carbonyl (C=O) groups excluding carboxylic acids is 1. The highest BCUT2D eigenvalue weighted by Gasteiger charge is 2.22. The van der Waals surface area contributed by atoms with Crippen LogP contribution in [-0.4, -0.2) is 26.4 Å². The number of rotatable bonds is 6. The molecule has 0 unspecified atom stereocenters. The van der Waals surface area contributed by atoms with Crippen LogP contribution in [0.1, 0.15) is 21.6 Å². The van der Waals surface area contributed by atoms with Gasteiger partial charge >= 0.3 is 0 Å². The molecule has 1 aromatic heterocycles. The highest BCUT2D eigenvalue weighted by molar-refractivity contribution is 7.92. The van der Waals surface area contributed by atoms with Crippen molar-refractivity contribution in [1.82, 2.24) is 10.3 Å². The molecule has 1 N–H and O–H groups in total. The van der Waals surface area contributed by atoms with Gasteiger partial charge in [0.1, 0.15) is 0 Å². The van der Waals surface area contributed by atoms with Gasteiger partial charge in [0.2, 0.25) is 0 Å². The Morgan fingerprint density at radius 2 is 1.79 bits per heavy atom. The van der Waals surface area contributed by atoms with Gasteiger partial charge in [-0.15, -0.1) is 0 Å². The summed E-state index contributed by atoms with van der Waals surface area (Å²) in [6.07, 6.45) is 1.65. The molecule has 1 amide bonds. The Morgan fingerprint density at radius 3 is 2.46 bits per heavy atom. The van der Waals surface area contributed by atoms with Gasteiger partial charge in [0.15, 0.2) is 0 Å². The molecule has 6 nitrogen and oxygen atoms in total. The molecular formula is C21H21N3O3S. The number of aryl methyl sites for hydroxylation is 1. The molecule has 0 saturated carbocycles. The Bertz CT molecular complexity index is 1070. The summed E-state index contributed by atoms with van der Waals surface area (Å²) in [7, 11) is -2.29. The molecule has 144 valence electrons. The summed E-state index contributed by atoms with van der Waals surface area (Å²) in [6, 6.07) is 18.6. The molecule has 0 saturated heterocycles. The first-order valence-corrected chi connectivity index (χ1v) is 10.2. The number of nitrogens with zero attached hydrogens (tertiary/aromatic N) is 2. The number of nitrogens with one attached hydrogen (secondary N) is 1. The number of hydrogen-bond donors (Lipinski definition) is 1. The van der Waals surface area contributed by atoms with Crippen LogP contribution >= 0.6 is 0 Å². The summed E-state index contributed by atoms with van der Waals surface area (Å²) in [6.45, 7) is 2.20. The number of carbonyl (C=O) groups is 1. The lowest BCUT2D eigenvalue weighted by Crippen LogP contribution is -2.27. The summed E-state index contributed by atoms with van der Waals surface area (Å²) < 4.78 is 27.1. The maximum atomic E-state index is 13.0. The summed E-state index contributed by atoms with van der Waals surface area (Å²) in [5, 5.41) is 2.75. The van der Waals surface area contributed by atoms with Gasteiger partial charge in [-0.2, -0.15) is 0 Å². The van der Waals surface area contributed by atoms with Gasteiger partial charge < -0.3 is 5.32 Å². The Balaban J connectivity index is 1.79. The predicted octanol–water partition coefficient (Wildman–Crippen LogP) is 3.15. The van der Waals surface area contributed by atoms with Gasteiger partial charge in [0.25, 0.3) is 15.9 Å². The lowest BCUT2D eigenvalue weighted by atomic mass is 10.2. The van der Waals surface area contributed by atoms with Crippen LogP contribution in [-0.2, 0) is 16.6 Å². The Morgan fingerprint density at radius 1 is 1.04 bits per heavy atom. The van der Waals surface area contributed by atoms with Crippen LogP contribution in [0.25, 0.3) is 0 Å². The zero-order valence-corrected chi connectivity index (χ0v) is 16.5. The van der Waals surface area contributed by atoms with Crippen molar-refractivity contribution in [1.29, 1.82) is 0 Å². The molecule has 28 heavy (non-hydrogen) atoms. The van der Waals surface area contributed by atoms with Crippen molar-refractivity contribution < 1.29 is 13.2 Å². The minimum atomic E-state index is -3.79. The van der Waals surface area contributed by atoms with E-state index in [0.717, 1.165) is 11.3 Å². The number of amides is 1. The smallest absolute Gasteiger partial charge is 0.264 e. The molecule has 0 spiro atoms. The molecule has 0 aliphatic carbocycles. The van der Waals surface area contributed by atoms with Crippen molar-refractivity contribution >= 4 is 21.6 Å². The number of sulfonamides is 1. The van der Waals surface area contributed by atoms with E-state index in [1.54, 1.807) is 42.6 Å². The third-order valence-electron chi connectivity index (χ3n) is 4.31. The minimum absolute atomic E-state index is 0.0565. The lowest BCUT2D eigenvalue weighted by Gasteiger charge is -2.20. The molecule has 3 rings (SSSR count). The zero-order chi connectivity index (χ0) is 20.1. The average Bonchev–Trinajstić information content (AvgIpc) is 2.73. The van der Waals surface area contributed by atoms with Gasteiger partial charge in [-0.1, -0.05) is 29.8 Å². The molecule has 0 bridgehead atoms. The minimum Gasteiger partial charge on any atom is -0.346 e. The molecule has 0 radical (unpaired) electrons. The Labute approximate surface area is 164 Å². The zero-order valence-electron chi connectivity index (χ0n) is 15.7. The van der Waals surface area contributed by atoms with E-state index in [9.17, 15) is 13.2 Å².